The molecule has 1 heterocycles. The molecule has 5 nitrogen and oxygen atoms in total. The van der Waals surface area contributed by atoms with E-state index >= 15 is 0 Å². The van der Waals surface area contributed by atoms with Gasteiger partial charge < -0.3 is 10.7 Å². The highest BCUT2D eigenvalue weighted by Crippen LogP contribution is 2.31. The number of hydrogen-bond acceptors (Lipinski definition) is 4. The molecule has 4 N–H and O–H groups in total. The molecule has 1 aliphatic rings. The zero-order valence-corrected chi connectivity index (χ0v) is 10.8. The van der Waals surface area contributed by atoms with Gasteiger partial charge in [-0.2, -0.15) is 0 Å². The van der Waals surface area contributed by atoms with Crippen LogP contribution in [0.25, 0.3) is 0 Å². The summed E-state index contributed by atoms with van der Waals surface area (Å²) in [4.78, 5) is 16.2. The second-order valence-corrected chi connectivity index (χ2v) is 5.05. The molecule has 5 heteroatoms. The number of hydrazine groups is 1. The molecule has 98 valence electrons. The Morgan fingerprint density at radius 3 is 2.78 bits per heavy atom. The molecule has 0 spiro atoms. The van der Waals surface area contributed by atoms with Gasteiger partial charge in [0.15, 0.2) is 0 Å². The highest BCUT2D eigenvalue weighted by Gasteiger charge is 2.31. The second-order valence-electron chi connectivity index (χ2n) is 5.05. The van der Waals surface area contributed by atoms with Crippen LogP contribution in [0.3, 0.4) is 0 Å². The number of nitrogens with one attached hydrogen (secondary N) is 2. The summed E-state index contributed by atoms with van der Waals surface area (Å²) >= 11 is 0. The molecule has 2 rings (SSSR count). The Hall–Kier alpha value is -1.62. The van der Waals surface area contributed by atoms with Crippen LogP contribution in [0.4, 0.5) is 5.82 Å². The predicted octanol–water partition coefficient (Wildman–Crippen LogP) is 1.53. The summed E-state index contributed by atoms with van der Waals surface area (Å²) in [6.07, 6.45) is 2.22. The van der Waals surface area contributed by atoms with Crippen molar-refractivity contribution in [3.05, 3.63) is 23.9 Å². The number of aromatic nitrogens is 1. The maximum Gasteiger partial charge on any atom is 0.270 e. The minimum atomic E-state index is -0.127. The van der Waals surface area contributed by atoms with E-state index in [0.717, 1.165) is 6.42 Å². The van der Waals surface area contributed by atoms with Gasteiger partial charge in [-0.05, 0) is 36.8 Å². The highest BCUT2D eigenvalue weighted by molar-refractivity contribution is 5.92. The van der Waals surface area contributed by atoms with Crippen LogP contribution in [-0.2, 0) is 0 Å². The maximum atomic E-state index is 12.1. The Kier molecular flexibility index (Phi) is 3.81. The quantitative estimate of drug-likeness (QED) is 0.560. The number of nitrogen functional groups attached to an aromatic ring is 1. The molecule has 1 aliphatic carbocycles. The first kappa shape index (κ1) is 12.8. The molecule has 1 fully saturated rings. The van der Waals surface area contributed by atoms with Gasteiger partial charge in [-0.1, -0.05) is 19.9 Å². The van der Waals surface area contributed by atoms with E-state index in [4.69, 9.17) is 5.84 Å². The van der Waals surface area contributed by atoms with E-state index in [1.54, 1.807) is 18.2 Å². The number of pyridine rings is 1. The summed E-state index contributed by atoms with van der Waals surface area (Å²) in [7, 11) is 0. The van der Waals surface area contributed by atoms with Gasteiger partial charge >= 0.3 is 0 Å². The zero-order valence-electron chi connectivity index (χ0n) is 10.8. The van der Waals surface area contributed by atoms with E-state index in [2.05, 4.69) is 29.6 Å². The molecule has 18 heavy (non-hydrogen) atoms. The molecule has 0 saturated heterocycles. The van der Waals surface area contributed by atoms with Crippen LogP contribution in [0.2, 0.25) is 0 Å². The minimum Gasteiger partial charge on any atom is -0.348 e. The summed E-state index contributed by atoms with van der Waals surface area (Å²) < 4.78 is 0. The molecule has 1 aromatic heterocycles. The summed E-state index contributed by atoms with van der Waals surface area (Å²) in [6.45, 7) is 4.42. The number of rotatable bonds is 3. The number of carbonyl (C=O) groups is 1. The highest BCUT2D eigenvalue weighted by atomic mass is 16.1. The van der Waals surface area contributed by atoms with E-state index in [1.165, 1.54) is 6.42 Å². The summed E-state index contributed by atoms with van der Waals surface area (Å²) in [5.41, 5.74) is 2.84. The Bertz CT molecular complexity index is 435. The first-order valence-electron chi connectivity index (χ1n) is 6.36. The lowest BCUT2D eigenvalue weighted by Gasteiger charge is -2.19. The van der Waals surface area contributed by atoms with Crippen LogP contribution < -0.4 is 16.6 Å². The number of nitrogens with zero attached hydrogens (tertiary/aromatic N) is 1. The Labute approximate surface area is 107 Å². The number of carbonyl (C=O) groups excluding carboxylic acids is 1. The lowest BCUT2D eigenvalue weighted by Crippen LogP contribution is -2.37. The number of hydrogen-bond donors (Lipinski definition) is 3. The lowest BCUT2D eigenvalue weighted by molar-refractivity contribution is 0.0922. The van der Waals surface area contributed by atoms with Gasteiger partial charge in [0, 0.05) is 6.04 Å². The average Bonchev–Trinajstić information content (AvgIpc) is 2.71. The van der Waals surface area contributed by atoms with Crippen molar-refractivity contribution in [2.24, 2.45) is 17.7 Å². The predicted molar refractivity (Wildman–Crippen MR) is 70.9 cm³/mol. The van der Waals surface area contributed by atoms with Crippen molar-refractivity contribution in [1.29, 1.82) is 0 Å². The second kappa shape index (κ2) is 5.35. The molecule has 1 saturated carbocycles. The third-order valence-electron chi connectivity index (χ3n) is 3.91. The van der Waals surface area contributed by atoms with Gasteiger partial charge in [-0.15, -0.1) is 0 Å². The van der Waals surface area contributed by atoms with E-state index in [9.17, 15) is 4.79 Å². The van der Waals surface area contributed by atoms with E-state index < -0.39 is 0 Å². The summed E-state index contributed by atoms with van der Waals surface area (Å²) in [5.74, 6) is 6.83. The van der Waals surface area contributed by atoms with Crippen molar-refractivity contribution in [3.63, 3.8) is 0 Å². The number of nitrogens with two attached hydrogens (primary N) is 1. The van der Waals surface area contributed by atoms with Crippen LogP contribution in [-0.4, -0.2) is 16.9 Å². The van der Waals surface area contributed by atoms with Crippen molar-refractivity contribution in [1.82, 2.24) is 10.3 Å². The van der Waals surface area contributed by atoms with Crippen molar-refractivity contribution < 1.29 is 4.79 Å². The fourth-order valence-corrected chi connectivity index (χ4v) is 2.45. The van der Waals surface area contributed by atoms with Gasteiger partial charge in [0.25, 0.3) is 5.91 Å². The van der Waals surface area contributed by atoms with Crippen molar-refractivity contribution in [2.75, 3.05) is 5.43 Å². The molecule has 3 unspecified atom stereocenters. The van der Waals surface area contributed by atoms with Crippen molar-refractivity contribution >= 4 is 11.7 Å². The Balaban J connectivity index is 2.03. The largest absolute Gasteiger partial charge is 0.348 e. The van der Waals surface area contributed by atoms with Crippen LogP contribution in [0, 0.1) is 11.8 Å². The van der Waals surface area contributed by atoms with Gasteiger partial charge in [-0.25, -0.2) is 10.8 Å². The fraction of sp³-hybridized carbons (Fsp3) is 0.538. The molecule has 0 bridgehead atoms. The zero-order chi connectivity index (χ0) is 13.1. The molecule has 3 atom stereocenters. The minimum absolute atomic E-state index is 0.127. The van der Waals surface area contributed by atoms with Crippen LogP contribution in [0.15, 0.2) is 18.2 Å². The normalized spacial score (nSPS) is 26.9. The van der Waals surface area contributed by atoms with Crippen LogP contribution >= 0.6 is 0 Å². The Morgan fingerprint density at radius 1 is 1.39 bits per heavy atom. The first-order chi connectivity index (χ1) is 8.61. The smallest absolute Gasteiger partial charge is 0.270 e. The number of amides is 1. The van der Waals surface area contributed by atoms with Crippen molar-refractivity contribution in [3.8, 4) is 0 Å². The average molecular weight is 248 g/mol. The monoisotopic (exact) mass is 248 g/mol. The maximum absolute atomic E-state index is 12.1. The van der Waals surface area contributed by atoms with E-state index in [1.807, 2.05) is 0 Å². The molecule has 0 aliphatic heterocycles. The van der Waals surface area contributed by atoms with Gasteiger partial charge in [0.05, 0.1) is 0 Å². The summed E-state index contributed by atoms with van der Waals surface area (Å²) in [6, 6.07) is 5.43. The molecular formula is C13H20N4O. The number of anilines is 1. The van der Waals surface area contributed by atoms with Crippen molar-refractivity contribution in [2.45, 2.75) is 32.7 Å². The SMILES string of the molecule is CC1CCC(NC(=O)c2cccc(NN)n2)C1C. The topological polar surface area (TPSA) is 80.0 Å². The molecule has 1 amide bonds. The van der Waals surface area contributed by atoms with Gasteiger partial charge in [0.2, 0.25) is 0 Å². The molecule has 0 aromatic carbocycles. The molecule has 1 aromatic rings. The molecular weight excluding hydrogens is 228 g/mol. The summed E-state index contributed by atoms with van der Waals surface area (Å²) in [5, 5.41) is 3.06. The van der Waals surface area contributed by atoms with Crippen LogP contribution in [0.5, 0.6) is 0 Å². The van der Waals surface area contributed by atoms with E-state index in [-0.39, 0.29) is 11.9 Å². The van der Waals surface area contributed by atoms with Gasteiger partial charge in [0.1, 0.15) is 11.5 Å². The molecule has 0 radical (unpaired) electrons. The lowest BCUT2D eigenvalue weighted by atomic mass is 9.98. The standard InChI is InChI=1S/C13H20N4O/c1-8-6-7-10(9(8)2)16-13(18)11-4-3-5-12(15-11)17-14/h3-5,8-10H,6-7,14H2,1-2H3,(H,15,17)(H,16,18). The first-order valence-corrected chi connectivity index (χ1v) is 6.36. The fourth-order valence-electron chi connectivity index (χ4n) is 2.45. The third-order valence-corrected chi connectivity index (χ3v) is 3.91. The van der Waals surface area contributed by atoms with Gasteiger partial charge in [-0.3, -0.25) is 4.79 Å². The van der Waals surface area contributed by atoms with Crippen LogP contribution in [0.1, 0.15) is 37.2 Å². The Morgan fingerprint density at radius 2 is 2.17 bits per heavy atom. The van der Waals surface area contributed by atoms with E-state index in [0.29, 0.717) is 23.3 Å². The third kappa shape index (κ3) is 2.61.